The average Bonchev–Trinajstić information content (AvgIpc) is 4.33. The van der Waals surface area contributed by atoms with Gasteiger partial charge in [0.2, 0.25) is 11.6 Å². The second-order valence-electron chi connectivity index (χ2n) is 16.7. The number of nitrogens with one attached hydrogen (secondary N) is 1. The summed E-state index contributed by atoms with van der Waals surface area (Å²) in [6, 6.07) is 52.4. The van der Waals surface area contributed by atoms with Gasteiger partial charge < -0.3 is 13.3 Å². The number of nitrogens with zero attached hydrogens (tertiary/aromatic N) is 11. The zero-order valence-electron chi connectivity index (χ0n) is 41.1. The molecule has 380 valence electrons. The Morgan fingerprint density at radius 1 is 0.447 bits per heavy atom. The predicted octanol–water partition coefficient (Wildman–Crippen LogP) is 14.7. The van der Waals surface area contributed by atoms with Gasteiger partial charge in [-0.3, -0.25) is 5.10 Å². The molecular formula is C57H46Cl4N12O3. The Hall–Kier alpha value is -8.47. The van der Waals surface area contributed by atoms with Crippen molar-refractivity contribution in [2.45, 2.75) is 39.7 Å². The van der Waals surface area contributed by atoms with Crippen LogP contribution in [0, 0.1) is 20.8 Å². The van der Waals surface area contributed by atoms with E-state index in [9.17, 15) is 0 Å². The summed E-state index contributed by atoms with van der Waals surface area (Å²) in [6.07, 6.45) is 5.01. The summed E-state index contributed by atoms with van der Waals surface area (Å²) >= 11 is 23.0. The molecule has 1 N–H and O–H groups in total. The summed E-state index contributed by atoms with van der Waals surface area (Å²) in [5.74, 6) is 9.02. The molecule has 3 aromatic carbocycles. The van der Waals surface area contributed by atoms with Crippen molar-refractivity contribution in [2.24, 2.45) is 0 Å². The van der Waals surface area contributed by atoms with Gasteiger partial charge in [0.25, 0.3) is 0 Å². The lowest BCUT2D eigenvalue weighted by Gasteiger charge is -2.05. The Balaban J connectivity index is 0.000000131. The fourth-order valence-corrected chi connectivity index (χ4v) is 8.23. The molecule has 0 saturated carbocycles. The molecule has 0 aliphatic heterocycles. The van der Waals surface area contributed by atoms with E-state index >= 15 is 0 Å². The number of benzene rings is 3. The van der Waals surface area contributed by atoms with E-state index in [2.05, 4.69) is 50.3 Å². The number of halogens is 4. The third-order valence-electron chi connectivity index (χ3n) is 11.1. The van der Waals surface area contributed by atoms with Crippen molar-refractivity contribution in [1.29, 1.82) is 0 Å². The van der Waals surface area contributed by atoms with Gasteiger partial charge in [0.1, 0.15) is 50.2 Å². The number of alkyl halides is 1. The third-order valence-corrected chi connectivity index (χ3v) is 12.0. The van der Waals surface area contributed by atoms with Crippen LogP contribution in [-0.4, -0.2) is 59.7 Å². The number of furan rings is 3. The monoisotopic (exact) mass is 1090 g/mol. The molecule has 19 heteroatoms. The van der Waals surface area contributed by atoms with Gasteiger partial charge in [-0.2, -0.15) is 10.2 Å². The number of hydrogen-bond acceptors (Lipinski definition) is 12. The first-order valence-corrected chi connectivity index (χ1v) is 25.3. The Labute approximate surface area is 457 Å². The van der Waals surface area contributed by atoms with Gasteiger partial charge in [-0.15, -0.1) is 16.7 Å². The summed E-state index contributed by atoms with van der Waals surface area (Å²) in [4.78, 5) is 25.1. The van der Waals surface area contributed by atoms with E-state index in [1.807, 2.05) is 188 Å². The van der Waals surface area contributed by atoms with E-state index in [-0.39, 0.29) is 0 Å². The van der Waals surface area contributed by atoms with E-state index in [1.165, 1.54) is 0 Å². The Morgan fingerprint density at radius 2 is 0.882 bits per heavy atom. The van der Waals surface area contributed by atoms with Gasteiger partial charge in [-0.1, -0.05) is 126 Å². The second kappa shape index (κ2) is 25.2. The van der Waals surface area contributed by atoms with Crippen molar-refractivity contribution in [3.8, 4) is 68.7 Å². The first kappa shape index (κ1) is 52.4. The van der Waals surface area contributed by atoms with E-state index in [0.29, 0.717) is 75.0 Å². The largest absolute Gasteiger partial charge is 0.453 e. The number of aryl methyl sites for hydroxylation is 3. The van der Waals surface area contributed by atoms with E-state index < -0.39 is 0 Å². The number of hydrogen-bond donors (Lipinski definition) is 1. The fourth-order valence-electron chi connectivity index (χ4n) is 7.48. The van der Waals surface area contributed by atoms with Crippen molar-refractivity contribution in [3.05, 3.63) is 232 Å². The fraction of sp³-hybridized carbons (Fsp3) is 0.105. The van der Waals surface area contributed by atoms with Crippen molar-refractivity contribution < 1.29 is 13.3 Å². The number of rotatable bonds is 11. The standard InChI is InChI=1S/2C19H15ClN4O.C13H11N3O.C6H5Cl2N/c1-13-22-19(23-24(13)12-14-9-10-21-18(20)11-14)17-8-7-16(25-17)15-5-3-2-4-6-15;1-13-22-19(24(23-13)12-14-9-10-21-18(20)11-14)17-8-7-16(25-17)15-5-3-2-4-6-15;1-9-14-13(16-15-9)12-8-7-11(17-12)10-5-3-2-4-6-10;7-4-5-1-2-9-6(8)3-5/h2*2-11H,12H2,1H3;2-8H,1H3,(H,14,15,16);1-3H,4H2. The lowest BCUT2D eigenvalue weighted by Crippen LogP contribution is -2.04. The van der Waals surface area contributed by atoms with Crippen LogP contribution in [0.2, 0.25) is 15.5 Å². The second-order valence-corrected chi connectivity index (χ2v) is 18.1. The van der Waals surface area contributed by atoms with Crippen LogP contribution in [0.1, 0.15) is 34.2 Å². The van der Waals surface area contributed by atoms with Crippen LogP contribution in [0.4, 0.5) is 0 Å². The molecule has 9 aromatic heterocycles. The molecule has 15 nitrogen and oxygen atoms in total. The minimum absolute atomic E-state index is 0.459. The molecule has 12 aromatic rings. The van der Waals surface area contributed by atoms with Crippen LogP contribution in [0.5, 0.6) is 0 Å². The third kappa shape index (κ3) is 14.0. The number of aromatic amines is 1. The highest BCUT2D eigenvalue weighted by atomic mass is 35.5. The van der Waals surface area contributed by atoms with Crippen molar-refractivity contribution in [1.82, 2.24) is 59.7 Å². The highest BCUT2D eigenvalue weighted by molar-refractivity contribution is 6.30. The van der Waals surface area contributed by atoms with Crippen LogP contribution < -0.4 is 0 Å². The van der Waals surface area contributed by atoms with Crippen molar-refractivity contribution >= 4 is 46.4 Å². The molecule has 0 unspecified atom stereocenters. The molecule has 0 atom stereocenters. The summed E-state index contributed by atoms with van der Waals surface area (Å²) in [7, 11) is 0. The van der Waals surface area contributed by atoms with Gasteiger partial charge in [0.05, 0.1) is 13.1 Å². The Morgan fingerprint density at radius 3 is 1.34 bits per heavy atom. The van der Waals surface area contributed by atoms with Gasteiger partial charge in [-0.05, 0) is 110 Å². The predicted molar refractivity (Wildman–Crippen MR) is 296 cm³/mol. The summed E-state index contributed by atoms with van der Waals surface area (Å²) in [5.41, 5.74) is 6.11. The quantitative estimate of drug-likeness (QED) is 0.0957. The van der Waals surface area contributed by atoms with E-state index in [4.69, 9.17) is 59.7 Å². The Kier molecular flexibility index (Phi) is 17.4. The minimum Gasteiger partial charge on any atom is -0.453 e. The normalized spacial score (nSPS) is 10.7. The van der Waals surface area contributed by atoms with Crippen LogP contribution in [0.25, 0.3) is 68.7 Å². The molecule has 0 radical (unpaired) electrons. The van der Waals surface area contributed by atoms with Crippen LogP contribution in [-0.2, 0) is 19.0 Å². The molecule has 9 heterocycles. The topological polar surface area (TPSA) is 181 Å². The zero-order valence-corrected chi connectivity index (χ0v) is 44.1. The van der Waals surface area contributed by atoms with Gasteiger partial charge in [0, 0.05) is 41.2 Å². The Bertz CT molecular complexity index is 3760. The zero-order chi connectivity index (χ0) is 52.8. The lowest BCUT2D eigenvalue weighted by molar-refractivity contribution is 0.578. The molecule has 0 spiro atoms. The highest BCUT2D eigenvalue weighted by Gasteiger charge is 2.17. The van der Waals surface area contributed by atoms with Crippen LogP contribution in [0.3, 0.4) is 0 Å². The average molecular weight is 1090 g/mol. The molecule has 0 amide bonds. The number of H-pyrrole nitrogens is 1. The maximum absolute atomic E-state index is 6.01. The van der Waals surface area contributed by atoms with Crippen LogP contribution >= 0.6 is 46.4 Å². The maximum atomic E-state index is 6.01. The first-order chi connectivity index (χ1) is 37.0. The van der Waals surface area contributed by atoms with Gasteiger partial charge >= 0.3 is 0 Å². The van der Waals surface area contributed by atoms with E-state index in [0.717, 1.165) is 62.3 Å². The maximum Gasteiger partial charge on any atom is 0.217 e. The number of pyridine rings is 3. The molecular weight excluding hydrogens is 1040 g/mol. The smallest absolute Gasteiger partial charge is 0.217 e. The van der Waals surface area contributed by atoms with Crippen molar-refractivity contribution in [3.63, 3.8) is 0 Å². The van der Waals surface area contributed by atoms with Crippen molar-refractivity contribution in [2.75, 3.05) is 0 Å². The summed E-state index contributed by atoms with van der Waals surface area (Å²) in [5, 5.41) is 17.3. The molecule has 0 aliphatic carbocycles. The van der Waals surface area contributed by atoms with Gasteiger partial charge in [-0.25, -0.2) is 39.3 Å². The molecule has 0 aliphatic rings. The first-order valence-electron chi connectivity index (χ1n) is 23.6. The molecule has 76 heavy (non-hydrogen) atoms. The molecule has 0 saturated heterocycles. The van der Waals surface area contributed by atoms with Crippen LogP contribution in [0.15, 0.2) is 196 Å². The molecule has 0 fully saturated rings. The lowest BCUT2D eigenvalue weighted by atomic mass is 10.2. The SMILES string of the molecule is Cc1nc(-c2ccc(-c3ccccc3)o2)n(Cc2ccnc(Cl)c2)n1.Cc1nc(-c2ccc(-c3ccccc3)o2)n[nH]1.Cc1nc(-c2ccc(-c3ccccc3)o2)nn1Cc1ccnc(Cl)c1.ClCc1ccnc(Cl)c1. The summed E-state index contributed by atoms with van der Waals surface area (Å²) < 4.78 is 21.3. The molecule has 0 bridgehead atoms. The minimum atomic E-state index is 0.459. The highest BCUT2D eigenvalue weighted by Crippen LogP contribution is 2.30. The van der Waals surface area contributed by atoms with Gasteiger partial charge in [0.15, 0.2) is 23.1 Å². The number of aromatic nitrogens is 12. The summed E-state index contributed by atoms with van der Waals surface area (Å²) in [6.45, 7) is 6.76. The van der Waals surface area contributed by atoms with E-state index in [1.54, 1.807) is 24.7 Å². The molecule has 12 rings (SSSR count).